The van der Waals surface area contributed by atoms with Gasteiger partial charge in [-0.25, -0.2) is 0 Å². The molecule has 0 radical (unpaired) electrons. The summed E-state index contributed by atoms with van der Waals surface area (Å²) < 4.78 is 0. The summed E-state index contributed by atoms with van der Waals surface area (Å²) in [4.78, 5) is 21.6. The van der Waals surface area contributed by atoms with Crippen LogP contribution in [0.1, 0.15) is 41.7 Å². The molecule has 23 heavy (non-hydrogen) atoms. The van der Waals surface area contributed by atoms with E-state index in [1.807, 2.05) is 19.1 Å². The highest BCUT2D eigenvalue weighted by Gasteiger charge is 2.28. The van der Waals surface area contributed by atoms with Gasteiger partial charge >= 0.3 is 0 Å². The van der Waals surface area contributed by atoms with Crippen LogP contribution in [-0.2, 0) is 0 Å². The lowest BCUT2D eigenvalue weighted by atomic mass is 9.98. The summed E-state index contributed by atoms with van der Waals surface area (Å²) in [6.45, 7) is 6.47. The second kappa shape index (κ2) is 7.41. The first-order valence-electron chi connectivity index (χ1n) is 8.78. The molecule has 5 nitrogen and oxygen atoms in total. The van der Waals surface area contributed by atoms with E-state index in [0.717, 1.165) is 18.7 Å². The third-order valence-electron chi connectivity index (χ3n) is 5.17. The molecule has 126 valence electrons. The maximum absolute atomic E-state index is 12.4. The van der Waals surface area contributed by atoms with Gasteiger partial charge in [-0.2, -0.15) is 0 Å². The minimum absolute atomic E-state index is 0.00716. The number of hydrogen-bond donors (Lipinski definition) is 1. The van der Waals surface area contributed by atoms with Gasteiger partial charge in [0.05, 0.1) is 5.56 Å². The van der Waals surface area contributed by atoms with Crippen LogP contribution in [0.4, 0.5) is 0 Å². The number of rotatable bonds is 3. The Morgan fingerprint density at radius 1 is 1.22 bits per heavy atom. The van der Waals surface area contributed by atoms with Crippen LogP contribution in [0, 0.1) is 6.92 Å². The summed E-state index contributed by atoms with van der Waals surface area (Å²) in [5.74, 6) is 0.00716. The number of carbonyl (C=O) groups is 1. The molecule has 1 aromatic heterocycles. The van der Waals surface area contributed by atoms with E-state index in [1.165, 1.54) is 38.9 Å². The Labute approximate surface area is 139 Å². The van der Waals surface area contributed by atoms with Crippen LogP contribution >= 0.6 is 0 Å². The first-order valence-corrected chi connectivity index (χ1v) is 8.78. The molecule has 2 aliphatic heterocycles. The fraction of sp³-hybridized carbons (Fsp3) is 0.667. The van der Waals surface area contributed by atoms with Crippen LogP contribution in [0.15, 0.2) is 18.3 Å². The largest absolute Gasteiger partial charge is 0.348 e. The standard InChI is InChI=1S/C18H28N4O/c1-14-5-6-15(12-19-14)18(23)20-16-4-3-9-22(13-16)17-7-10-21(2)11-8-17/h5-6,12,16-17H,3-4,7-11,13H2,1-2H3,(H,20,23)/t16-/m0/s1. The third kappa shape index (κ3) is 4.30. The minimum Gasteiger partial charge on any atom is -0.348 e. The van der Waals surface area contributed by atoms with Crippen LogP contribution < -0.4 is 5.32 Å². The molecule has 5 heteroatoms. The lowest BCUT2D eigenvalue weighted by Crippen LogP contribution is -2.53. The van der Waals surface area contributed by atoms with E-state index in [-0.39, 0.29) is 11.9 Å². The summed E-state index contributed by atoms with van der Waals surface area (Å²) in [5, 5.41) is 3.20. The zero-order chi connectivity index (χ0) is 16.2. The molecular weight excluding hydrogens is 288 g/mol. The van der Waals surface area contributed by atoms with Crippen molar-refractivity contribution in [1.29, 1.82) is 0 Å². The van der Waals surface area contributed by atoms with E-state index in [0.29, 0.717) is 11.6 Å². The molecule has 1 aromatic rings. The lowest BCUT2D eigenvalue weighted by molar-refractivity contribution is 0.0766. The molecule has 1 amide bonds. The Morgan fingerprint density at radius 3 is 2.70 bits per heavy atom. The summed E-state index contributed by atoms with van der Waals surface area (Å²) in [5.41, 5.74) is 1.60. The van der Waals surface area contributed by atoms with E-state index >= 15 is 0 Å². The van der Waals surface area contributed by atoms with Gasteiger partial charge in [-0.05, 0) is 71.4 Å². The molecule has 0 bridgehead atoms. The Hall–Kier alpha value is -1.46. The van der Waals surface area contributed by atoms with E-state index < -0.39 is 0 Å². The molecule has 0 saturated carbocycles. The second-order valence-corrected chi connectivity index (χ2v) is 7.03. The molecule has 3 rings (SSSR count). The van der Waals surface area contributed by atoms with Gasteiger partial charge < -0.3 is 10.2 Å². The summed E-state index contributed by atoms with van der Waals surface area (Å²) in [6.07, 6.45) is 6.41. The van der Waals surface area contributed by atoms with Crippen molar-refractivity contribution in [2.75, 3.05) is 33.2 Å². The van der Waals surface area contributed by atoms with Crippen molar-refractivity contribution in [2.45, 2.75) is 44.7 Å². The predicted molar refractivity (Wildman–Crippen MR) is 91.6 cm³/mol. The van der Waals surface area contributed by atoms with Crippen LogP contribution in [0.2, 0.25) is 0 Å². The lowest BCUT2D eigenvalue weighted by Gasteiger charge is -2.41. The van der Waals surface area contributed by atoms with Crippen molar-refractivity contribution < 1.29 is 4.79 Å². The summed E-state index contributed by atoms with van der Waals surface area (Å²) in [7, 11) is 2.20. The number of hydrogen-bond acceptors (Lipinski definition) is 4. The molecule has 0 aromatic carbocycles. The molecule has 0 unspecified atom stereocenters. The van der Waals surface area contributed by atoms with Crippen LogP contribution in [-0.4, -0.2) is 66.0 Å². The zero-order valence-electron chi connectivity index (χ0n) is 14.3. The van der Waals surface area contributed by atoms with Crippen molar-refractivity contribution in [3.05, 3.63) is 29.6 Å². The van der Waals surface area contributed by atoms with Gasteiger partial charge in [0, 0.05) is 30.5 Å². The van der Waals surface area contributed by atoms with Crippen molar-refractivity contribution >= 4 is 5.91 Å². The monoisotopic (exact) mass is 316 g/mol. The van der Waals surface area contributed by atoms with Gasteiger partial charge in [-0.15, -0.1) is 0 Å². The average molecular weight is 316 g/mol. The van der Waals surface area contributed by atoms with E-state index in [2.05, 4.69) is 27.1 Å². The highest BCUT2D eigenvalue weighted by Crippen LogP contribution is 2.20. The molecule has 0 spiro atoms. The van der Waals surface area contributed by atoms with Crippen molar-refractivity contribution in [1.82, 2.24) is 20.1 Å². The molecule has 2 fully saturated rings. The maximum atomic E-state index is 12.4. The number of nitrogens with zero attached hydrogens (tertiary/aromatic N) is 3. The average Bonchev–Trinajstić information content (AvgIpc) is 2.56. The zero-order valence-corrected chi connectivity index (χ0v) is 14.3. The number of aromatic nitrogens is 1. The summed E-state index contributed by atoms with van der Waals surface area (Å²) in [6, 6.07) is 4.69. The molecule has 1 atom stereocenters. The third-order valence-corrected chi connectivity index (χ3v) is 5.17. The number of amides is 1. The van der Waals surface area contributed by atoms with E-state index in [1.54, 1.807) is 6.20 Å². The van der Waals surface area contributed by atoms with Gasteiger partial charge in [0.15, 0.2) is 0 Å². The highest BCUT2D eigenvalue weighted by molar-refractivity contribution is 5.94. The van der Waals surface area contributed by atoms with E-state index in [4.69, 9.17) is 0 Å². The van der Waals surface area contributed by atoms with Crippen molar-refractivity contribution in [2.24, 2.45) is 0 Å². The van der Waals surface area contributed by atoms with Gasteiger partial charge in [-0.3, -0.25) is 14.7 Å². The van der Waals surface area contributed by atoms with E-state index in [9.17, 15) is 4.79 Å². The number of aryl methyl sites for hydroxylation is 1. The SMILES string of the molecule is Cc1ccc(C(=O)N[C@H]2CCCN(C3CCN(C)CC3)C2)cn1. The molecule has 3 heterocycles. The topological polar surface area (TPSA) is 48.5 Å². The number of piperidine rings is 2. The fourth-order valence-electron chi connectivity index (χ4n) is 3.69. The molecule has 1 N–H and O–H groups in total. The normalized spacial score (nSPS) is 24.5. The predicted octanol–water partition coefficient (Wildman–Crippen LogP) is 1.68. The smallest absolute Gasteiger partial charge is 0.253 e. The Bertz CT molecular complexity index is 522. The number of carbonyl (C=O) groups excluding carboxylic acids is 1. The Balaban J connectivity index is 1.54. The van der Waals surface area contributed by atoms with Crippen molar-refractivity contribution in [3.8, 4) is 0 Å². The molecular formula is C18H28N4O. The van der Waals surface area contributed by atoms with Crippen LogP contribution in [0.5, 0.6) is 0 Å². The molecule has 2 aliphatic rings. The highest BCUT2D eigenvalue weighted by atomic mass is 16.1. The van der Waals surface area contributed by atoms with Gasteiger partial charge in [0.1, 0.15) is 0 Å². The molecule has 0 aliphatic carbocycles. The Kier molecular flexibility index (Phi) is 5.28. The minimum atomic E-state index is 0.00716. The number of pyridine rings is 1. The quantitative estimate of drug-likeness (QED) is 0.922. The number of nitrogens with one attached hydrogen (secondary N) is 1. The molecule has 2 saturated heterocycles. The fourth-order valence-corrected chi connectivity index (χ4v) is 3.69. The second-order valence-electron chi connectivity index (χ2n) is 7.03. The van der Waals surface area contributed by atoms with Crippen LogP contribution in [0.25, 0.3) is 0 Å². The van der Waals surface area contributed by atoms with Gasteiger partial charge in [0.2, 0.25) is 0 Å². The first-order chi connectivity index (χ1) is 11.1. The first kappa shape index (κ1) is 16.4. The van der Waals surface area contributed by atoms with Gasteiger partial charge in [-0.1, -0.05) is 0 Å². The number of likely N-dealkylation sites (tertiary alicyclic amines) is 2. The van der Waals surface area contributed by atoms with Crippen LogP contribution in [0.3, 0.4) is 0 Å². The summed E-state index contributed by atoms with van der Waals surface area (Å²) >= 11 is 0. The van der Waals surface area contributed by atoms with Crippen molar-refractivity contribution in [3.63, 3.8) is 0 Å². The maximum Gasteiger partial charge on any atom is 0.253 e. The Morgan fingerprint density at radius 2 is 2.00 bits per heavy atom. The van der Waals surface area contributed by atoms with Gasteiger partial charge in [0.25, 0.3) is 5.91 Å².